The molecule has 2 atom stereocenters. The smallest absolute Gasteiger partial charge is 0.250 e. The van der Waals surface area contributed by atoms with Crippen LogP contribution in [-0.4, -0.2) is 58.8 Å². The number of pyridine rings is 1. The predicted octanol–water partition coefficient (Wildman–Crippen LogP) is 3.67. The van der Waals surface area contributed by atoms with E-state index in [0.29, 0.717) is 17.9 Å². The van der Waals surface area contributed by atoms with E-state index in [9.17, 15) is 9.59 Å². The molecule has 5 rings (SSSR count). The van der Waals surface area contributed by atoms with Gasteiger partial charge in [-0.15, -0.1) is 11.8 Å². The van der Waals surface area contributed by atoms with Crippen molar-refractivity contribution >= 4 is 17.7 Å². The number of carbonyl (C=O) groups excluding carboxylic acids is 1. The highest BCUT2D eigenvalue weighted by Crippen LogP contribution is 2.41. The number of fused-ring (bicyclic) bond motifs is 4. The van der Waals surface area contributed by atoms with Crippen LogP contribution in [0.15, 0.2) is 46.1 Å². The molecule has 1 amide bonds. The molecule has 1 aromatic heterocycles. The second-order valence-corrected chi connectivity index (χ2v) is 10.2. The van der Waals surface area contributed by atoms with Crippen LogP contribution in [0.3, 0.4) is 0 Å². The molecule has 4 heterocycles. The molecular formula is C25H31N3O2S. The van der Waals surface area contributed by atoms with Gasteiger partial charge in [-0.25, -0.2) is 0 Å². The highest BCUT2D eigenvalue weighted by atomic mass is 32.2. The first-order chi connectivity index (χ1) is 15.0. The Morgan fingerprint density at radius 3 is 2.42 bits per heavy atom. The Morgan fingerprint density at radius 1 is 1.00 bits per heavy atom. The molecule has 6 heteroatoms. The number of amides is 1. The van der Waals surface area contributed by atoms with Crippen LogP contribution in [0.25, 0.3) is 11.1 Å². The van der Waals surface area contributed by atoms with Gasteiger partial charge in [-0.05, 0) is 55.2 Å². The average molecular weight is 438 g/mol. The summed E-state index contributed by atoms with van der Waals surface area (Å²) in [6, 6.07) is 13.1. The van der Waals surface area contributed by atoms with Crippen molar-refractivity contribution in [1.29, 1.82) is 0 Å². The number of nitrogens with zero attached hydrogens (tertiary/aromatic N) is 3. The Balaban J connectivity index is 1.43. The van der Waals surface area contributed by atoms with Crippen LogP contribution in [-0.2, 0) is 11.3 Å². The summed E-state index contributed by atoms with van der Waals surface area (Å²) in [5.41, 5.74) is 3.78. The number of rotatable bonds is 3. The van der Waals surface area contributed by atoms with E-state index in [0.717, 1.165) is 45.6 Å². The Labute approximate surface area is 188 Å². The molecule has 3 aliphatic heterocycles. The summed E-state index contributed by atoms with van der Waals surface area (Å²) < 4.78 is 2.06. The molecule has 3 aliphatic rings. The summed E-state index contributed by atoms with van der Waals surface area (Å²) in [5, 5.41) is 0. The minimum Gasteiger partial charge on any atom is -0.343 e. The Hall–Kier alpha value is -2.05. The molecule has 2 fully saturated rings. The van der Waals surface area contributed by atoms with Crippen LogP contribution in [0.2, 0.25) is 0 Å². The van der Waals surface area contributed by atoms with E-state index in [1.165, 1.54) is 28.1 Å². The normalized spacial score (nSPS) is 24.1. The lowest BCUT2D eigenvalue weighted by molar-refractivity contribution is -0.130. The molecule has 0 spiro atoms. The molecule has 2 aromatic rings. The fourth-order valence-electron chi connectivity index (χ4n) is 5.91. The maximum atomic E-state index is 12.8. The molecule has 1 aromatic carbocycles. The van der Waals surface area contributed by atoms with E-state index >= 15 is 0 Å². The molecule has 0 saturated carbocycles. The van der Waals surface area contributed by atoms with Gasteiger partial charge in [0.1, 0.15) is 0 Å². The number of piperidine rings is 2. The minimum absolute atomic E-state index is 0.136. The second-order valence-electron chi connectivity index (χ2n) is 9.30. The topological polar surface area (TPSA) is 45.6 Å². The SMILES string of the molecule is CSc1ccc(-c2ccc(=O)n3c2[C@@H]2C[C@H](CN(C4CCN(C(C)=O)CC4)C2)C3)cc1. The van der Waals surface area contributed by atoms with Crippen molar-refractivity contribution < 1.29 is 4.79 Å². The van der Waals surface area contributed by atoms with Crippen molar-refractivity contribution in [2.75, 3.05) is 32.4 Å². The molecule has 31 heavy (non-hydrogen) atoms. The number of carbonyl (C=O) groups is 1. The van der Waals surface area contributed by atoms with Crippen molar-refractivity contribution in [2.24, 2.45) is 5.92 Å². The molecule has 0 unspecified atom stereocenters. The summed E-state index contributed by atoms with van der Waals surface area (Å²) in [4.78, 5) is 30.4. The van der Waals surface area contributed by atoms with Crippen LogP contribution in [0, 0.1) is 5.92 Å². The van der Waals surface area contributed by atoms with E-state index in [1.807, 2.05) is 11.0 Å². The molecule has 0 radical (unpaired) electrons. The summed E-state index contributed by atoms with van der Waals surface area (Å²) in [7, 11) is 0. The van der Waals surface area contributed by atoms with Crippen LogP contribution < -0.4 is 5.56 Å². The fraction of sp³-hybridized carbons (Fsp3) is 0.520. The zero-order valence-electron chi connectivity index (χ0n) is 18.4. The molecule has 2 saturated heterocycles. The third kappa shape index (κ3) is 3.96. The van der Waals surface area contributed by atoms with Gasteiger partial charge in [0.15, 0.2) is 0 Å². The van der Waals surface area contributed by atoms with Gasteiger partial charge in [0.05, 0.1) is 0 Å². The third-order valence-electron chi connectivity index (χ3n) is 7.45. The molecule has 2 bridgehead atoms. The minimum atomic E-state index is 0.136. The zero-order valence-corrected chi connectivity index (χ0v) is 19.2. The quantitative estimate of drug-likeness (QED) is 0.688. The van der Waals surface area contributed by atoms with Crippen LogP contribution in [0.1, 0.15) is 37.8 Å². The summed E-state index contributed by atoms with van der Waals surface area (Å²) >= 11 is 1.75. The van der Waals surface area contributed by atoms with E-state index < -0.39 is 0 Å². The lowest BCUT2D eigenvalue weighted by Crippen LogP contribution is -2.53. The van der Waals surface area contributed by atoms with E-state index in [-0.39, 0.29) is 11.5 Å². The van der Waals surface area contributed by atoms with Crippen molar-refractivity contribution in [2.45, 2.75) is 49.6 Å². The number of thioether (sulfide) groups is 1. The predicted molar refractivity (Wildman–Crippen MR) is 126 cm³/mol. The lowest BCUT2D eigenvalue weighted by Gasteiger charge is -2.48. The maximum Gasteiger partial charge on any atom is 0.250 e. The Bertz CT molecular complexity index is 1020. The van der Waals surface area contributed by atoms with E-state index in [4.69, 9.17) is 0 Å². The van der Waals surface area contributed by atoms with Gasteiger partial charge in [-0.3, -0.25) is 14.5 Å². The largest absolute Gasteiger partial charge is 0.343 e. The van der Waals surface area contributed by atoms with Gasteiger partial charge in [0.2, 0.25) is 5.91 Å². The monoisotopic (exact) mass is 437 g/mol. The Kier molecular flexibility index (Phi) is 5.69. The number of benzene rings is 1. The van der Waals surface area contributed by atoms with Gasteiger partial charge in [0.25, 0.3) is 5.56 Å². The van der Waals surface area contributed by atoms with Gasteiger partial charge in [-0.2, -0.15) is 0 Å². The zero-order chi connectivity index (χ0) is 21.5. The average Bonchev–Trinajstić information content (AvgIpc) is 2.80. The van der Waals surface area contributed by atoms with Crippen molar-refractivity contribution in [3.63, 3.8) is 0 Å². The summed E-state index contributed by atoms with van der Waals surface area (Å²) in [6.07, 6.45) is 5.38. The van der Waals surface area contributed by atoms with Crippen molar-refractivity contribution in [3.8, 4) is 11.1 Å². The van der Waals surface area contributed by atoms with Gasteiger partial charge >= 0.3 is 0 Å². The molecule has 5 nitrogen and oxygen atoms in total. The highest BCUT2D eigenvalue weighted by molar-refractivity contribution is 7.98. The van der Waals surface area contributed by atoms with E-state index in [2.05, 4.69) is 40.0 Å². The van der Waals surface area contributed by atoms with Gasteiger partial charge in [0, 0.05) is 73.8 Å². The first kappa shape index (κ1) is 20.8. The summed E-state index contributed by atoms with van der Waals surface area (Å²) in [6.45, 7) is 6.32. The van der Waals surface area contributed by atoms with Gasteiger partial charge < -0.3 is 9.47 Å². The van der Waals surface area contributed by atoms with Crippen molar-refractivity contribution in [1.82, 2.24) is 14.4 Å². The number of aromatic nitrogens is 1. The molecule has 164 valence electrons. The number of likely N-dealkylation sites (tertiary alicyclic amines) is 2. The van der Waals surface area contributed by atoms with Crippen molar-refractivity contribution in [3.05, 3.63) is 52.4 Å². The van der Waals surface area contributed by atoms with E-state index in [1.54, 1.807) is 24.8 Å². The van der Waals surface area contributed by atoms with Gasteiger partial charge in [-0.1, -0.05) is 12.1 Å². The number of hydrogen-bond acceptors (Lipinski definition) is 4. The standard InChI is InChI=1S/C25H31N3O2S/c1-17(29)26-11-9-21(10-12-26)27-14-18-13-20(16-27)25-23(7-8-24(30)28(25)15-18)19-3-5-22(31-2)6-4-19/h3-8,18,20-21H,9-16H2,1-2H3/t18-,20-/m1/s1. The van der Waals surface area contributed by atoms with Crippen LogP contribution >= 0.6 is 11.8 Å². The number of hydrogen-bond donors (Lipinski definition) is 0. The fourth-order valence-corrected chi connectivity index (χ4v) is 6.32. The second kappa shape index (κ2) is 8.47. The van der Waals surface area contributed by atoms with Crippen LogP contribution in [0.5, 0.6) is 0 Å². The maximum absolute atomic E-state index is 12.8. The third-order valence-corrected chi connectivity index (χ3v) is 8.19. The molecule has 0 N–H and O–H groups in total. The first-order valence-electron chi connectivity index (χ1n) is 11.4. The van der Waals surface area contributed by atoms with Crippen LogP contribution in [0.4, 0.5) is 0 Å². The molecule has 0 aliphatic carbocycles. The molecular weight excluding hydrogens is 406 g/mol. The lowest BCUT2D eigenvalue weighted by atomic mass is 9.79. The Morgan fingerprint density at radius 2 is 1.74 bits per heavy atom. The highest BCUT2D eigenvalue weighted by Gasteiger charge is 2.39. The summed E-state index contributed by atoms with van der Waals surface area (Å²) in [5.74, 6) is 1.12. The first-order valence-corrected chi connectivity index (χ1v) is 12.6.